The van der Waals surface area contributed by atoms with Crippen LogP contribution in [0, 0.1) is 20.8 Å². The zero-order chi connectivity index (χ0) is 17.3. The van der Waals surface area contributed by atoms with Gasteiger partial charge in [0.25, 0.3) is 0 Å². The standard InChI is InChI=1S/C20H26N2O/c1-13-17(20(23)16-11-9-8-10-12-16)14(2)19(22(6)7)15(3)18(13)21(4)5/h8-12H,1-7H3. The molecule has 2 rings (SSSR count). The van der Waals surface area contributed by atoms with Gasteiger partial charge in [-0.1, -0.05) is 30.3 Å². The van der Waals surface area contributed by atoms with Crippen LogP contribution < -0.4 is 9.80 Å². The average Bonchev–Trinajstić information content (AvgIpc) is 2.46. The Morgan fingerprint density at radius 3 is 1.57 bits per heavy atom. The highest BCUT2D eigenvalue weighted by molar-refractivity contribution is 6.12. The number of carbonyl (C=O) groups is 1. The number of ketones is 1. The highest BCUT2D eigenvalue weighted by Crippen LogP contribution is 2.38. The van der Waals surface area contributed by atoms with E-state index in [9.17, 15) is 4.79 Å². The van der Waals surface area contributed by atoms with Gasteiger partial charge in [-0.2, -0.15) is 0 Å². The number of anilines is 2. The summed E-state index contributed by atoms with van der Waals surface area (Å²) in [6, 6.07) is 9.51. The Bertz CT molecular complexity index is 696. The minimum atomic E-state index is 0.0896. The normalized spacial score (nSPS) is 10.6. The van der Waals surface area contributed by atoms with Crippen LogP contribution in [0.25, 0.3) is 0 Å². The van der Waals surface area contributed by atoms with E-state index in [4.69, 9.17) is 0 Å². The van der Waals surface area contributed by atoms with Gasteiger partial charge in [-0.25, -0.2) is 0 Å². The topological polar surface area (TPSA) is 23.6 Å². The van der Waals surface area contributed by atoms with Crippen LogP contribution in [-0.4, -0.2) is 34.0 Å². The number of nitrogens with zero attached hydrogens (tertiary/aromatic N) is 2. The van der Waals surface area contributed by atoms with Gasteiger partial charge in [0.15, 0.2) is 5.78 Å². The number of carbonyl (C=O) groups excluding carboxylic acids is 1. The third-order valence-corrected chi connectivity index (χ3v) is 4.33. The second-order valence-corrected chi connectivity index (χ2v) is 6.43. The molecule has 0 aromatic heterocycles. The van der Waals surface area contributed by atoms with Crippen molar-refractivity contribution in [2.24, 2.45) is 0 Å². The van der Waals surface area contributed by atoms with E-state index in [1.165, 1.54) is 5.56 Å². The fourth-order valence-corrected chi connectivity index (χ4v) is 3.61. The Kier molecular flexibility index (Phi) is 4.79. The van der Waals surface area contributed by atoms with Crippen molar-refractivity contribution in [2.45, 2.75) is 20.8 Å². The summed E-state index contributed by atoms with van der Waals surface area (Å²) in [5, 5.41) is 0. The molecule has 0 aliphatic rings. The zero-order valence-corrected chi connectivity index (χ0v) is 15.2. The second kappa shape index (κ2) is 6.45. The van der Waals surface area contributed by atoms with E-state index in [0.717, 1.165) is 33.6 Å². The molecule has 0 heterocycles. The predicted octanol–water partition coefficient (Wildman–Crippen LogP) is 3.97. The molecule has 0 N–H and O–H groups in total. The molecule has 0 radical (unpaired) electrons. The Morgan fingerprint density at radius 1 is 0.739 bits per heavy atom. The minimum Gasteiger partial charge on any atom is -0.377 e. The molecule has 0 aliphatic heterocycles. The predicted molar refractivity (Wildman–Crippen MR) is 99.2 cm³/mol. The summed E-state index contributed by atoms with van der Waals surface area (Å²) in [7, 11) is 8.11. The van der Waals surface area contributed by atoms with Crippen molar-refractivity contribution < 1.29 is 4.79 Å². The molecule has 3 heteroatoms. The van der Waals surface area contributed by atoms with Gasteiger partial charge < -0.3 is 9.80 Å². The molecule has 0 atom stereocenters. The smallest absolute Gasteiger partial charge is 0.193 e. The highest BCUT2D eigenvalue weighted by Gasteiger charge is 2.24. The van der Waals surface area contributed by atoms with Crippen molar-refractivity contribution in [3.05, 3.63) is 58.1 Å². The van der Waals surface area contributed by atoms with Crippen molar-refractivity contribution in [1.82, 2.24) is 0 Å². The molecule has 23 heavy (non-hydrogen) atoms. The Morgan fingerprint density at radius 2 is 1.17 bits per heavy atom. The first-order valence-corrected chi connectivity index (χ1v) is 7.85. The van der Waals surface area contributed by atoms with Crippen molar-refractivity contribution in [3.63, 3.8) is 0 Å². The third-order valence-electron chi connectivity index (χ3n) is 4.33. The molecule has 122 valence electrons. The van der Waals surface area contributed by atoms with Gasteiger partial charge in [-0.15, -0.1) is 0 Å². The molecular weight excluding hydrogens is 284 g/mol. The SMILES string of the molecule is Cc1c(C(=O)c2ccccc2)c(C)c(N(C)C)c(C)c1N(C)C. The van der Waals surface area contributed by atoms with Gasteiger partial charge in [0, 0.05) is 50.7 Å². The number of benzene rings is 2. The maximum Gasteiger partial charge on any atom is 0.193 e. The summed E-state index contributed by atoms with van der Waals surface area (Å²) in [6.07, 6.45) is 0. The van der Waals surface area contributed by atoms with E-state index in [1.54, 1.807) is 0 Å². The average molecular weight is 310 g/mol. The first kappa shape index (κ1) is 17.1. The molecule has 3 nitrogen and oxygen atoms in total. The summed E-state index contributed by atoms with van der Waals surface area (Å²) in [4.78, 5) is 17.3. The number of hydrogen-bond acceptors (Lipinski definition) is 3. The molecule has 0 saturated carbocycles. The first-order valence-electron chi connectivity index (χ1n) is 7.85. The van der Waals surface area contributed by atoms with Crippen LogP contribution >= 0.6 is 0 Å². The van der Waals surface area contributed by atoms with Crippen molar-refractivity contribution in [3.8, 4) is 0 Å². The van der Waals surface area contributed by atoms with Crippen LogP contribution in [0.2, 0.25) is 0 Å². The minimum absolute atomic E-state index is 0.0896. The Balaban J connectivity index is 2.80. The lowest BCUT2D eigenvalue weighted by atomic mass is 9.89. The van der Waals surface area contributed by atoms with Crippen molar-refractivity contribution >= 4 is 17.2 Å². The van der Waals surface area contributed by atoms with Crippen LogP contribution in [0.4, 0.5) is 11.4 Å². The molecular formula is C20H26N2O. The van der Waals surface area contributed by atoms with Gasteiger partial charge in [-0.3, -0.25) is 4.79 Å². The number of rotatable bonds is 4. The monoisotopic (exact) mass is 310 g/mol. The van der Waals surface area contributed by atoms with Gasteiger partial charge in [-0.05, 0) is 37.5 Å². The van der Waals surface area contributed by atoms with E-state index in [-0.39, 0.29) is 5.78 Å². The fraction of sp³-hybridized carbons (Fsp3) is 0.350. The summed E-state index contributed by atoms with van der Waals surface area (Å²) < 4.78 is 0. The molecule has 0 saturated heterocycles. The quantitative estimate of drug-likeness (QED) is 0.798. The highest BCUT2D eigenvalue weighted by atomic mass is 16.1. The van der Waals surface area contributed by atoms with Crippen LogP contribution in [0.3, 0.4) is 0 Å². The zero-order valence-electron chi connectivity index (χ0n) is 15.2. The van der Waals surface area contributed by atoms with Gasteiger partial charge >= 0.3 is 0 Å². The molecule has 2 aromatic rings. The summed E-state index contributed by atoms with van der Waals surface area (Å²) in [5.41, 5.74) is 7.09. The lowest BCUT2D eigenvalue weighted by Crippen LogP contribution is -2.21. The first-order chi connectivity index (χ1) is 10.8. The van der Waals surface area contributed by atoms with E-state index < -0.39 is 0 Å². The maximum atomic E-state index is 13.1. The number of hydrogen-bond donors (Lipinski definition) is 0. The lowest BCUT2D eigenvalue weighted by Gasteiger charge is -2.29. The molecule has 0 unspecified atom stereocenters. The molecule has 0 spiro atoms. The maximum absolute atomic E-state index is 13.1. The van der Waals surface area contributed by atoms with Crippen LogP contribution in [0.5, 0.6) is 0 Å². The van der Waals surface area contributed by atoms with E-state index in [1.807, 2.05) is 72.4 Å². The Labute approximate surface area is 139 Å². The van der Waals surface area contributed by atoms with Gasteiger partial charge in [0.05, 0.1) is 0 Å². The third kappa shape index (κ3) is 2.96. The van der Waals surface area contributed by atoms with Gasteiger partial charge in [0.2, 0.25) is 0 Å². The van der Waals surface area contributed by atoms with Gasteiger partial charge in [0.1, 0.15) is 0 Å². The van der Waals surface area contributed by atoms with E-state index >= 15 is 0 Å². The summed E-state index contributed by atoms with van der Waals surface area (Å²) in [5.74, 6) is 0.0896. The van der Waals surface area contributed by atoms with Crippen LogP contribution in [0.1, 0.15) is 32.6 Å². The second-order valence-electron chi connectivity index (χ2n) is 6.43. The molecule has 0 bridgehead atoms. The molecule has 0 amide bonds. The largest absolute Gasteiger partial charge is 0.377 e. The fourth-order valence-electron chi connectivity index (χ4n) is 3.61. The van der Waals surface area contributed by atoms with E-state index in [2.05, 4.69) is 16.7 Å². The Hall–Kier alpha value is -2.29. The van der Waals surface area contributed by atoms with Crippen LogP contribution in [-0.2, 0) is 0 Å². The van der Waals surface area contributed by atoms with Crippen molar-refractivity contribution in [1.29, 1.82) is 0 Å². The van der Waals surface area contributed by atoms with E-state index in [0.29, 0.717) is 0 Å². The summed E-state index contributed by atoms with van der Waals surface area (Å²) >= 11 is 0. The molecule has 0 aliphatic carbocycles. The van der Waals surface area contributed by atoms with Crippen molar-refractivity contribution in [2.75, 3.05) is 38.0 Å². The molecule has 0 fully saturated rings. The summed E-state index contributed by atoms with van der Waals surface area (Å²) in [6.45, 7) is 6.22. The molecule has 2 aromatic carbocycles. The lowest BCUT2D eigenvalue weighted by molar-refractivity contribution is 0.103. The van der Waals surface area contributed by atoms with Crippen LogP contribution in [0.15, 0.2) is 30.3 Å².